The molecule has 166 valence electrons. The summed E-state index contributed by atoms with van der Waals surface area (Å²) >= 11 is 6.19. The molecule has 3 rings (SSSR count). The number of nitrogens with one attached hydrogen (secondary N) is 2. The molecule has 0 unspecified atom stereocenters. The predicted octanol–water partition coefficient (Wildman–Crippen LogP) is 3.59. The summed E-state index contributed by atoms with van der Waals surface area (Å²) in [6.07, 6.45) is 2.29. The van der Waals surface area contributed by atoms with Crippen molar-refractivity contribution in [3.05, 3.63) is 64.7 Å². The molecule has 7 heteroatoms. The molecule has 6 nitrogen and oxygen atoms in total. The van der Waals surface area contributed by atoms with Gasteiger partial charge in [-0.05, 0) is 55.2 Å². The summed E-state index contributed by atoms with van der Waals surface area (Å²) in [6, 6.07) is 15.8. The molecule has 31 heavy (non-hydrogen) atoms. The number of carbonyl (C=O) groups excluding carboxylic acids is 1. The number of rotatable bonds is 9. The van der Waals surface area contributed by atoms with E-state index in [1.165, 1.54) is 10.5 Å². The molecule has 0 radical (unpaired) electrons. The van der Waals surface area contributed by atoms with Gasteiger partial charge in [-0.3, -0.25) is 4.79 Å². The van der Waals surface area contributed by atoms with Gasteiger partial charge in [-0.2, -0.15) is 0 Å². The summed E-state index contributed by atoms with van der Waals surface area (Å²) < 4.78 is 5.60. The van der Waals surface area contributed by atoms with E-state index in [0.717, 1.165) is 42.5 Å². The number of guanidine groups is 1. The molecule has 0 spiro atoms. The largest absolute Gasteiger partial charge is 0.484 e. The van der Waals surface area contributed by atoms with Crippen LogP contribution in [0.3, 0.4) is 0 Å². The highest BCUT2D eigenvalue weighted by molar-refractivity contribution is 6.30. The lowest BCUT2D eigenvalue weighted by molar-refractivity contribution is -0.130. The molecular formula is C24H31ClN4O2. The molecule has 0 aromatic heterocycles. The summed E-state index contributed by atoms with van der Waals surface area (Å²) in [7, 11) is 3.43. The van der Waals surface area contributed by atoms with Gasteiger partial charge in [-0.15, -0.1) is 0 Å². The van der Waals surface area contributed by atoms with Crippen LogP contribution in [0, 0.1) is 0 Å². The monoisotopic (exact) mass is 442 g/mol. The van der Waals surface area contributed by atoms with Crippen molar-refractivity contribution in [2.24, 2.45) is 4.99 Å². The number of hydrogen-bond donors (Lipinski definition) is 2. The standard InChI is InChI=1S/C24H31ClN4O2/c1-4-26-23(28-17-24(11-12-24)19-8-6-9-20(25)14-19)27-15-18-7-5-10-21(13-18)31-16-22(30)29(2)3/h5-10,13-14H,4,11-12,15-17H2,1-3H3,(H2,26,27,28). The Labute approximate surface area is 189 Å². The quantitative estimate of drug-likeness (QED) is 0.460. The minimum absolute atomic E-state index is 0.0233. The van der Waals surface area contributed by atoms with Gasteiger partial charge in [0.1, 0.15) is 5.75 Å². The second kappa shape index (κ2) is 10.5. The Balaban J connectivity index is 1.60. The predicted molar refractivity (Wildman–Crippen MR) is 126 cm³/mol. The van der Waals surface area contributed by atoms with E-state index >= 15 is 0 Å². The first-order chi connectivity index (χ1) is 14.9. The summed E-state index contributed by atoms with van der Waals surface area (Å²) in [5, 5.41) is 7.58. The van der Waals surface area contributed by atoms with Crippen LogP contribution in [0.4, 0.5) is 0 Å². The van der Waals surface area contributed by atoms with Crippen molar-refractivity contribution < 1.29 is 9.53 Å². The molecule has 0 atom stereocenters. The highest BCUT2D eigenvalue weighted by atomic mass is 35.5. The first-order valence-electron chi connectivity index (χ1n) is 10.6. The summed E-state index contributed by atoms with van der Waals surface area (Å²) in [5.74, 6) is 1.37. The van der Waals surface area contributed by atoms with E-state index < -0.39 is 0 Å². The van der Waals surface area contributed by atoms with Crippen molar-refractivity contribution >= 4 is 23.5 Å². The van der Waals surface area contributed by atoms with E-state index in [9.17, 15) is 4.79 Å². The Bertz CT molecular complexity index is 925. The van der Waals surface area contributed by atoms with E-state index in [2.05, 4.69) is 29.7 Å². The van der Waals surface area contributed by atoms with E-state index in [-0.39, 0.29) is 17.9 Å². The molecule has 1 fully saturated rings. The third-order valence-corrected chi connectivity index (χ3v) is 5.64. The van der Waals surface area contributed by atoms with Gasteiger partial charge in [-0.25, -0.2) is 4.99 Å². The third kappa shape index (κ3) is 6.62. The van der Waals surface area contributed by atoms with Crippen molar-refractivity contribution in [1.82, 2.24) is 15.5 Å². The third-order valence-electron chi connectivity index (χ3n) is 5.41. The van der Waals surface area contributed by atoms with E-state index in [1.807, 2.05) is 36.4 Å². The maximum absolute atomic E-state index is 11.7. The van der Waals surface area contributed by atoms with Crippen molar-refractivity contribution in [2.45, 2.75) is 31.7 Å². The SMILES string of the molecule is CCNC(=NCc1cccc(OCC(=O)N(C)C)c1)NCC1(c2cccc(Cl)c2)CC1. The first-order valence-corrected chi connectivity index (χ1v) is 11.0. The maximum Gasteiger partial charge on any atom is 0.259 e. The lowest BCUT2D eigenvalue weighted by Gasteiger charge is -2.19. The fraction of sp³-hybridized carbons (Fsp3) is 0.417. The molecule has 1 aliphatic carbocycles. The Morgan fingerprint density at radius 2 is 1.94 bits per heavy atom. The molecule has 1 saturated carbocycles. The van der Waals surface area contributed by atoms with Crippen LogP contribution < -0.4 is 15.4 Å². The summed E-state index contributed by atoms with van der Waals surface area (Å²) in [5.41, 5.74) is 2.43. The van der Waals surface area contributed by atoms with E-state index in [4.69, 9.17) is 21.3 Å². The number of halogens is 1. The molecule has 1 aliphatic rings. The Kier molecular flexibility index (Phi) is 7.80. The van der Waals surface area contributed by atoms with Crippen LogP contribution in [0.15, 0.2) is 53.5 Å². The van der Waals surface area contributed by atoms with Gasteiger partial charge in [0.15, 0.2) is 12.6 Å². The van der Waals surface area contributed by atoms with Crippen LogP contribution in [0.1, 0.15) is 30.9 Å². The number of aliphatic imine (C=N–C) groups is 1. The molecule has 2 aromatic rings. The highest BCUT2D eigenvalue weighted by Gasteiger charge is 2.44. The summed E-state index contributed by atoms with van der Waals surface area (Å²) in [4.78, 5) is 18.0. The van der Waals surface area contributed by atoms with Gasteiger partial charge in [0.25, 0.3) is 5.91 Å². The van der Waals surface area contributed by atoms with Gasteiger partial charge in [0, 0.05) is 37.6 Å². The molecular weight excluding hydrogens is 412 g/mol. The van der Waals surface area contributed by atoms with Crippen LogP contribution >= 0.6 is 11.6 Å². The molecule has 0 heterocycles. The smallest absolute Gasteiger partial charge is 0.259 e. The fourth-order valence-electron chi connectivity index (χ4n) is 3.31. The summed E-state index contributed by atoms with van der Waals surface area (Å²) in [6.45, 7) is 4.19. The van der Waals surface area contributed by atoms with Crippen LogP contribution in [-0.4, -0.2) is 50.6 Å². The molecule has 0 bridgehead atoms. The second-order valence-electron chi connectivity index (χ2n) is 8.06. The molecule has 2 aromatic carbocycles. The Hall–Kier alpha value is -2.73. The zero-order chi connectivity index (χ0) is 22.3. The number of likely N-dealkylation sites (N-methyl/N-ethyl adjacent to an activating group) is 1. The minimum Gasteiger partial charge on any atom is -0.484 e. The zero-order valence-electron chi connectivity index (χ0n) is 18.5. The average Bonchev–Trinajstić information content (AvgIpc) is 3.55. The number of hydrogen-bond acceptors (Lipinski definition) is 3. The number of nitrogens with zero attached hydrogens (tertiary/aromatic N) is 2. The number of carbonyl (C=O) groups is 1. The number of amides is 1. The van der Waals surface area contributed by atoms with Gasteiger partial charge in [-0.1, -0.05) is 35.9 Å². The molecule has 0 saturated heterocycles. The second-order valence-corrected chi connectivity index (χ2v) is 8.50. The molecule has 2 N–H and O–H groups in total. The number of benzene rings is 2. The Morgan fingerprint density at radius 1 is 1.16 bits per heavy atom. The van der Waals surface area contributed by atoms with Gasteiger partial charge in [0.05, 0.1) is 6.54 Å². The fourth-order valence-corrected chi connectivity index (χ4v) is 3.50. The van der Waals surface area contributed by atoms with E-state index in [1.54, 1.807) is 14.1 Å². The van der Waals surface area contributed by atoms with Gasteiger partial charge < -0.3 is 20.3 Å². The van der Waals surface area contributed by atoms with Crippen molar-refractivity contribution in [2.75, 3.05) is 33.8 Å². The molecule has 1 amide bonds. The van der Waals surface area contributed by atoms with Gasteiger partial charge >= 0.3 is 0 Å². The van der Waals surface area contributed by atoms with Crippen LogP contribution in [0.5, 0.6) is 5.75 Å². The average molecular weight is 443 g/mol. The van der Waals surface area contributed by atoms with Crippen LogP contribution in [-0.2, 0) is 16.8 Å². The normalized spacial score (nSPS) is 14.6. The van der Waals surface area contributed by atoms with Gasteiger partial charge in [0.2, 0.25) is 0 Å². The lowest BCUT2D eigenvalue weighted by Crippen LogP contribution is -2.41. The van der Waals surface area contributed by atoms with Crippen LogP contribution in [0.2, 0.25) is 5.02 Å². The minimum atomic E-state index is -0.0734. The molecule has 0 aliphatic heterocycles. The number of ether oxygens (including phenoxy) is 1. The van der Waals surface area contributed by atoms with Crippen molar-refractivity contribution in [1.29, 1.82) is 0 Å². The van der Waals surface area contributed by atoms with Crippen molar-refractivity contribution in [3.8, 4) is 5.75 Å². The lowest BCUT2D eigenvalue weighted by atomic mass is 9.96. The zero-order valence-corrected chi connectivity index (χ0v) is 19.2. The first kappa shape index (κ1) is 22.9. The van der Waals surface area contributed by atoms with E-state index in [0.29, 0.717) is 12.3 Å². The maximum atomic E-state index is 11.7. The van der Waals surface area contributed by atoms with Crippen LogP contribution in [0.25, 0.3) is 0 Å². The topological polar surface area (TPSA) is 66.0 Å². The van der Waals surface area contributed by atoms with Crippen molar-refractivity contribution in [3.63, 3.8) is 0 Å². The highest BCUT2D eigenvalue weighted by Crippen LogP contribution is 2.48. The Morgan fingerprint density at radius 3 is 2.61 bits per heavy atom.